The number of benzene rings is 1. The molecule has 1 aromatic heterocycles. The number of pyridine rings is 1. The predicted molar refractivity (Wildman–Crippen MR) is 54.4 cm³/mol. The minimum atomic E-state index is 0.973. The highest BCUT2D eigenvalue weighted by molar-refractivity contribution is 5.81. The van der Waals surface area contributed by atoms with Crippen LogP contribution < -0.4 is 10.9 Å². The Morgan fingerprint density at radius 2 is 2.08 bits per heavy atom. The largest absolute Gasteiger partial charge is 0.320 e. The highest BCUT2D eigenvalue weighted by Crippen LogP contribution is 2.14. The lowest BCUT2D eigenvalue weighted by Crippen LogP contribution is -2.14. The molecule has 3 nitrogen and oxygen atoms in total. The first-order chi connectivity index (χ1) is 6.40. The van der Waals surface area contributed by atoms with Gasteiger partial charge in [-0.25, -0.2) is 5.43 Å². The quantitative estimate of drug-likeness (QED) is 0.680. The molecule has 2 rings (SSSR count). The zero-order chi connectivity index (χ0) is 9.10. The topological polar surface area (TPSA) is 37.0 Å². The Labute approximate surface area is 76.8 Å². The minimum absolute atomic E-state index is 0.973. The fourth-order valence-electron chi connectivity index (χ4n) is 1.28. The smallest absolute Gasteiger partial charge is 0.0703 e. The number of rotatable bonds is 2. The summed E-state index contributed by atoms with van der Waals surface area (Å²) >= 11 is 0. The Hall–Kier alpha value is -1.61. The summed E-state index contributed by atoms with van der Waals surface area (Å²) in [6, 6.07) is 10.1. The van der Waals surface area contributed by atoms with Crippen LogP contribution in [-0.2, 0) is 0 Å². The number of hydrogen-bond donors (Lipinski definition) is 2. The van der Waals surface area contributed by atoms with E-state index >= 15 is 0 Å². The Morgan fingerprint density at radius 1 is 1.23 bits per heavy atom. The van der Waals surface area contributed by atoms with Crippen LogP contribution in [0.15, 0.2) is 36.5 Å². The molecular formula is C10H11N3. The number of fused-ring (bicyclic) bond motifs is 1. The third-order valence-corrected chi connectivity index (χ3v) is 1.86. The molecule has 0 atom stereocenters. The van der Waals surface area contributed by atoms with Gasteiger partial charge >= 0.3 is 0 Å². The van der Waals surface area contributed by atoms with Crippen molar-refractivity contribution in [3.8, 4) is 0 Å². The van der Waals surface area contributed by atoms with Gasteiger partial charge in [0.1, 0.15) is 0 Å². The zero-order valence-electron chi connectivity index (χ0n) is 7.41. The van der Waals surface area contributed by atoms with E-state index in [2.05, 4.69) is 21.9 Å². The summed E-state index contributed by atoms with van der Waals surface area (Å²) in [6.07, 6.45) is 1.80. The summed E-state index contributed by atoms with van der Waals surface area (Å²) in [5, 5.41) is 1.14. The molecule has 0 saturated heterocycles. The molecule has 0 fully saturated rings. The fraction of sp³-hybridized carbons (Fsp3) is 0.100. The summed E-state index contributed by atoms with van der Waals surface area (Å²) in [6.45, 7) is 0. The normalized spacial score (nSPS) is 10.2. The highest BCUT2D eigenvalue weighted by Gasteiger charge is 1.94. The Bertz CT molecular complexity index is 412. The van der Waals surface area contributed by atoms with Crippen molar-refractivity contribution in [1.29, 1.82) is 0 Å². The second kappa shape index (κ2) is 3.41. The molecule has 2 N–H and O–H groups in total. The fourth-order valence-corrected chi connectivity index (χ4v) is 1.28. The average Bonchev–Trinajstić information content (AvgIpc) is 2.18. The van der Waals surface area contributed by atoms with Crippen molar-refractivity contribution in [1.82, 2.24) is 10.4 Å². The molecule has 0 bridgehead atoms. The van der Waals surface area contributed by atoms with E-state index in [1.165, 1.54) is 0 Å². The van der Waals surface area contributed by atoms with Crippen LogP contribution in [0.4, 0.5) is 5.69 Å². The van der Waals surface area contributed by atoms with Crippen LogP contribution in [0.2, 0.25) is 0 Å². The molecule has 66 valence electrons. The summed E-state index contributed by atoms with van der Waals surface area (Å²) in [4.78, 5) is 4.30. The standard InChI is InChI=1S/C10H11N3/c1-11-13-9-6-8-4-2-3-5-10(8)12-7-9/h2-7,11,13H,1H3. The number of hydrazine groups is 1. The lowest BCUT2D eigenvalue weighted by atomic mass is 10.2. The first-order valence-corrected chi connectivity index (χ1v) is 4.18. The average molecular weight is 173 g/mol. The molecule has 0 spiro atoms. The first kappa shape index (κ1) is 8.01. The van der Waals surface area contributed by atoms with E-state index in [9.17, 15) is 0 Å². The van der Waals surface area contributed by atoms with Gasteiger partial charge in [-0.15, -0.1) is 0 Å². The van der Waals surface area contributed by atoms with Gasteiger partial charge in [0.2, 0.25) is 0 Å². The number of anilines is 1. The highest BCUT2D eigenvalue weighted by atomic mass is 15.3. The Kier molecular flexibility index (Phi) is 2.10. The molecule has 1 heterocycles. The van der Waals surface area contributed by atoms with Gasteiger partial charge in [-0.2, -0.15) is 0 Å². The number of nitrogens with one attached hydrogen (secondary N) is 2. The van der Waals surface area contributed by atoms with Crippen molar-refractivity contribution >= 4 is 16.6 Å². The van der Waals surface area contributed by atoms with Crippen LogP contribution in [-0.4, -0.2) is 12.0 Å². The minimum Gasteiger partial charge on any atom is -0.320 e. The van der Waals surface area contributed by atoms with E-state index in [4.69, 9.17) is 0 Å². The maximum absolute atomic E-state index is 4.30. The Balaban J connectivity index is 2.49. The van der Waals surface area contributed by atoms with Crippen LogP contribution in [0.5, 0.6) is 0 Å². The number of aromatic nitrogens is 1. The summed E-state index contributed by atoms with van der Waals surface area (Å²) in [5.74, 6) is 0. The lowest BCUT2D eigenvalue weighted by Gasteiger charge is -2.04. The van der Waals surface area contributed by atoms with Crippen LogP contribution in [0.1, 0.15) is 0 Å². The van der Waals surface area contributed by atoms with E-state index in [0.29, 0.717) is 0 Å². The van der Waals surface area contributed by atoms with Gasteiger partial charge in [-0.05, 0) is 12.1 Å². The second-order valence-corrected chi connectivity index (χ2v) is 2.79. The molecule has 0 saturated carbocycles. The van der Waals surface area contributed by atoms with Crippen LogP contribution in [0, 0.1) is 0 Å². The summed E-state index contributed by atoms with van der Waals surface area (Å²) < 4.78 is 0. The summed E-state index contributed by atoms with van der Waals surface area (Å²) in [7, 11) is 1.83. The maximum Gasteiger partial charge on any atom is 0.0703 e. The molecule has 0 unspecified atom stereocenters. The molecule has 0 amide bonds. The maximum atomic E-state index is 4.30. The third kappa shape index (κ3) is 1.60. The van der Waals surface area contributed by atoms with Crippen molar-refractivity contribution in [3.63, 3.8) is 0 Å². The van der Waals surface area contributed by atoms with Crippen molar-refractivity contribution in [2.24, 2.45) is 0 Å². The molecule has 0 aliphatic heterocycles. The second-order valence-electron chi connectivity index (χ2n) is 2.79. The Morgan fingerprint density at radius 3 is 2.92 bits per heavy atom. The number of hydrogen-bond acceptors (Lipinski definition) is 3. The van der Waals surface area contributed by atoms with Crippen LogP contribution >= 0.6 is 0 Å². The lowest BCUT2D eigenvalue weighted by molar-refractivity contribution is 0.982. The van der Waals surface area contributed by atoms with Gasteiger partial charge in [-0.1, -0.05) is 18.2 Å². The van der Waals surface area contributed by atoms with E-state index in [1.54, 1.807) is 6.20 Å². The van der Waals surface area contributed by atoms with E-state index < -0.39 is 0 Å². The molecule has 0 aliphatic rings. The van der Waals surface area contributed by atoms with Crippen molar-refractivity contribution in [2.45, 2.75) is 0 Å². The van der Waals surface area contributed by atoms with Crippen molar-refractivity contribution in [2.75, 3.05) is 12.5 Å². The van der Waals surface area contributed by atoms with Gasteiger partial charge in [0.25, 0.3) is 0 Å². The van der Waals surface area contributed by atoms with E-state index in [0.717, 1.165) is 16.6 Å². The van der Waals surface area contributed by atoms with Crippen molar-refractivity contribution < 1.29 is 0 Å². The van der Waals surface area contributed by atoms with Gasteiger partial charge in [-0.3, -0.25) is 4.98 Å². The molecule has 3 heteroatoms. The summed E-state index contributed by atoms with van der Waals surface area (Å²) in [5.41, 5.74) is 7.84. The van der Waals surface area contributed by atoms with Gasteiger partial charge in [0.15, 0.2) is 0 Å². The zero-order valence-corrected chi connectivity index (χ0v) is 7.41. The molecule has 2 aromatic rings. The van der Waals surface area contributed by atoms with Gasteiger partial charge in [0, 0.05) is 12.4 Å². The first-order valence-electron chi connectivity index (χ1n) is 4.18. The molecule has 0 radical (unpaired) electrons. The van der Waals surface area contributed by atoms with E-state index in [-0.39, 0.29) is 0 Å². The predicted octanol–water partition coefficient (Wildman–Crippen LogP) is 1.78. The van der Waals surface area contributed by atoms with Gasteiger partial charge < -0.3 is 5.43 Å². The van der Waals surface area contributed by atoms with Crippen molar-refractivity contribution in [3.05, 3.63) is 36.5 Å². The van der Waals surface area contributed by atoms with E-state index in [1.807, 2.05) is 31.3 Å². The van der Waals surface area contributed by atoms with Gasteiger partial charge in [0.05, 0.1) is 17.4 Å². The number of para-hydroxylation sites is 1. The molecular weight excluding hydrogens is 162 g/mol. The third-order valence-electron chi connectivity index (χ3n) is 1.86. The molecule has 13 heavy (non-hydrogen) atoms. The molecule has 1 aromatic carbocycles. The van der Waals surface area contributed by atoms with Crippen LogP contribution in [0.3, 0.4) is 0 Å². The monoisotopic (exact) mass is 173 g/mol. The number of nitrogens with zero attached hydrogens (tertiary/aromatic N) is 1. The SMILES string of the molecule is CNNc1cnc2ccccc2c1. The van der Waals surface area contributed by atoms with Crippen LogP contribution in [0.25, 0.3) is 10.9 Å². The molecule has 0 aliphatic carbocycles.